The molecule has 136 valence electrons. The molecule has 2 aromatic rings. The number of aromatic amines is 1. The third-order valence-corrected chi connectivity index (χ3v) is 5.22. The van der Waals surface area contributed by atoms with Gasteiger partial charge in [-0.2, -0.15) is 0 Å². The number of fused-ring (bicyclic) bond motifs is 1. The number of nitrogens with zero attached hydrogens (tertiary/aromatic N) is 1. The molecular weight excluding hydrogens is 330 g/mol. The summed E-state index contributed by atoms with van der Waals surface area (Å²) in [5, 5.41) is 3.01. The summed E-state index contributed by atoms with van der Waals surface area (Å²) in [5.74, 6) is -0.309. The van der Waals surface area contributed by atoms with Crippen molar-refractivity contribution < 1.29 is 9.53 Å². The number of hydrogen-bond donors (Lipinski definition) is 2. The molecule has 2 N–H and O–H groups in total. The van der Waals surface area contributed by atoms with E-state index in [9.17, 15) is 9.59 Å². The molecule has 1 aromatic carbocycles. The van der Waals surface area contributed by atoms with Crippen LogP contribution in [0.2, 0.25) is 0 Å². The van der Waals surface area contributed by atoms with Crippen molar-refractivity contribution >= 4 is 5.91 Å². The molecule has 6 nitrogen and oxygen atoms in total. The van der Waals surface area contributed by atoms with Crippen LogP contribution in [-0.4, -0.2) is 47.6 Å². The number of aryl methyl sites for hydroxylation is 1. The number of aromatic nitrogens is 1. The Hall–Kier alpha value is -2.44. The Balaban J connectivity index is 1.39. The lowest BCUT2D eigenvalue weighted by Crippen LogP contribution is -2.43. The summed E-state index contributed by atoms with van der Waals surface area (Å²) in [4.78, 5) is 29.5. The second-order valence-electron chi connectivity index (χ2n) is 7.13. The highest BCUT2D eigenvalue weighted by Gasteiger charge is 2.38. The van der Waals surface area contributed by atoms with Crippen LogP contribution < -0.4 is 10.9 Å². The molecule has 1 aromatic heterocycles. The fraction of sp³-hybridized carbons (Fsp3) is 0.400. The lowest BCUT2D eigenvalue weighted by Gasteiger charge is -2.35. The second kappa shape index (κ2) is 7.05. The predicted octanol–water partition coefficient (Wildman–Crippen LogP) is 1.63. The first-order chi connectivity index (χ1) is 12.6. The third-order valence-electron chi connectivity index (χ3n) is 5.22. The molecule has 0 bridgehead atoms. The van der Waals surface area contributed by atoms with Gasteiger partial charge in [0.25, 0.3) is 11.5 Å². The van der Waals surface area contributed by atoms with Crippen LogP contribution in [0.15, 0.2) is 47.3 Å². The summed E-state index contributed by atoms with van der Waals surface area (Å²) in [5.41, 5.74) is 1.75. The second-order valence-corrected chi connectivity index (χ2v) is 7.13. The van der Waals surface area contributed by atoms with E-state index in [1.165, 1.54) is 5.56 Å². The monoisotopic (exact) mass is 353 g/mol. The molecular formula is C20H23N3O3. The van der Waals surface area contributed by atoms with Crippen LogP contribution in [0.25, 0.3) is 0 Å². The van der Waals surface area contributed by atoms with Crippen LogP contribution in [0.3, 0.4) is 0 Å². The van der Waals surface area contributed by atoms with Crippen molar-refractivity contribution in [2.24, 2.45) is 0 Å². The minimum absolute atomic E-state index is 0.0336. The quantitative estimate of drug-likeness (QED) is 0.880. The number of morpholine rings is 1. The Bertz CT molecular complexity index is 849. The normalized spacial score (nSPS) is 25.7. The average molecular weight is 353 g/mol. The van der Waals surface area contributed by atoms with E-state index in [0.717, 1.165) is 25.2 Å². The van der Waals surface area contributed by atoms with Gasteiger partial charge in [0.2, 0.25) is 0 Å². The Morgan fingerprint density at radius 2 is 2.00 bits per heavy atom. The average Bonchev–Trinajstić information content (AvgIpc) is 3.03. The molecule has 0 radical (unpaired) electrons. The van der Waals surface area contributed by atoms with Crippen LogP contribution in [0.1, 0.15) is 34.1 Å². The van der Waals surface area contributed by atoms with Crippen molar-refractivity contribution in [3.05, 3.63) is 69.6 Å². The van der Waals surface area contributed by atoms with E-state index >= 15 is 0 Å². The van der Waals surface area contributed by atoms with Gasteiger partial charge in [-0.05, 0) is 31.0 Å². The Morgan fingerprint density at radius 1 is 1.19 bits per heavy atom. The first kappa shape index (κ1) is 17.0. The van der Waals surface area contributed by atoms with Crippen molar-refractivity contribution in [1.29, 1.82) is 0 Å². The Kier molecular flexibility index (Phi) is 4.61. The van der Waals surface area contributed by atoms with Gasteiger partial charge in [-0.15, -0.1) is 0 Å². The number of carbonyl (C=O) groups is 1. The molecule has 6 heteroatoms. The van der Waals surface area contributed by atoms with Gasteiger partial charge >= 0.3 is 0 Å². The lowest BCUT2D eigenvalue weighted by atomic mass is 10.1. The van der Waals surface area contributed by atoms with E-state index in [0.29, 0.717) is 12.6 Å². The van der Waals surface area contributed by atoms with E-state index in [2.05, 4.69) is 27.3 Å². The van der Waals surface area contributed by atoms with Crippen LogP contribution in [0.5, 0.6) is 0 Å². The summed E-state index contributed by atoms with van der Waals surface area (Å²) in [6.45, 7) is 4.07. The van der Waals surface area contributed by atoms with Gasteiger partial charge in [0, 0.05) is 30.9 Å². The smallest absolute Gasteiger partial charge is 0.260 e. The largest absolute Gasteiger partial charge is 0.371 e. The summed E-state index contributed by atoms with van der Waals surface area (Å²) in [6.07, 6.45) is 0.915. The molecule has 3 atom stereocenters. The summed E-state index contributed by atoms with van der Waals surface area (Å²) >= 11 is 0. The van der Waals surface area contributed by atoms with Crippen molar-refractivity contribution in [2.45, 2.75) is 31.5 Å². The van der Waals surface area contributed by atoms with E-state index in [4.69, 9.17) is 4.74 Å². The fourth-order valence-electron chi connectivity index (χ4n) is 3.86. The summed E-state index contributed by atoms with van der Waals surface area (Å²) in [6, 6.07) is 13.9. The molecule has 2 aliphatic rings. The van der Waals surface area contributed by atoms with Gasteiger partial charge in [-0.25, -0.2) is 0 Å². The summed E-state index contributed by atoms with van der Waals surface area (Å²) in [7, 11) is 0. The van der Waals surface area contributed by atoms with Gasteiger partial charge in [-0.1, -0.05) is 30.3 Å². The molecule has 3 heterocycles. The van der Waals surface area contributed by atoms with Crippen molar-refractivity contribution in [1.82, 2.24) is 15.2 Å². The molecule has 2 fully saturated rings. The van der Waals surface area contributed by atoms with Gasteiger partial charge in [-0.3, -0.25) is 14.5 Å². The SMILES string of the molecule is Cc1ccc(C(=O)N[C@H]2C[C@H]3CO[C@@H](c4ccccc4)CN3C2)c(=O)[nH]1. The van der Waals surface area contributed by atoms with Crippen molar-refractivity contribution in [2.75, 3.05) is 19.7 Å². The van der Waals surface area contributed by atoms with E-state index in [1.54, 1.807) is 19.1 Å². The predicted molar refractivity (Wildman–Crippen MR) is 98.2 cm³/mol. The maximum Gasteiger partial charge on any atom is 0.260 e. The highest BCUT2D eigenvalue weighted by molar-refractivity contribution is 5.94. The number of nitrogens with one attached hydrogen (secondary N) is 2. The minimum atomic E-state index is -0.342. The topological polar surface area (TPSA) is 74.4 Å². The number of pyridine rings is 1. The molecule has 0 spiro atoms. The number of hydrogen-bond acceptors (Lipinski definition) is 4. The third kappa shape index (κ3) is 3.43. The number of ether oxygens (including phenoxy) is 1. The fourth-order valence-corrected chi connectivity index (χ4v) is 3.86. The molecule has 2 saturated heterocycles. The number of benzene rings is 1. The van der Waals surface area contributed by atoms with Gasteiger partial charge < -0.3 is 15.0 Å². The van der Waals surface area contributed by atoms with E-state index in [1.807, 2.05) is 18.2 Å². The molecule has 2 aliphatic heterocycles. The maximum absolute atomic E-state index is 12.4. The van der Waals surface area contributed by atoms with Crippen molar-refractivity contribution in [3.8, 4) is 0 Å². The highest BCUT2D eigenvalue weighted by Crippen LogP contribution is 2.30. The van der Waals surface area contributed by atoms with Gasteiger partial charge in [0.05, 0.1) is 12.7 Å². The number of H-pyrrole nitrogens is 1. The van der Waals surface area contributed by atoms with Crippen LogP contribution >= 0.6 is 0 Å². The van der Waals surface area contributed by atoms with Gasteiger partial charge in [0.15, 0.2) is 0 Å². The number of rotatable bonds is 3. The van der Waals surface area contributed by atoms with E-state index < -0.39 is 0 Å². The lowest BCUT2D eigenvalue weighted by molar-refractivity contribution is -0.0502. The molecule has 1 amide bonds. The highest BCUT2D eigenvalue weighted by atomic mass is 16.5. The van der Waals surface area contributed by atoms with Crippen LogP contribution in [0.4, 0.5) is 0 Å². The number of carbonyl (C=O) groups excluding carboxylic acids is 1. The zero-order valence-corrected chi connectivity index (χ0v) is 14.8. The van der Waals surface area contributed by atoms with Crippen LogP contribution in [-0.2, 0) is 4.74 Å². The molecule has 0 saturated carbocycles. The zero-order chi connectivity index (χ0) is 18.1. The van der Waals surface area contributed by atoms with Crippen molar-refractivity contribution in [3.63, 3.8) is 0 Å². The molecule has 4 rings (SSSR count). The maximum atomic E-state index is 12.4. The first-order valence-corrected chi connectivity index (χ1v) is 9.01. The molecule has 0 unspecified atom stereocenters. The molecule has 26 heavy (non-hydrogen) atoms. The van der Waals surface area contributed by atoms with E-state index in [-0.39, 0.29) is 29.2 Å². The zero-order valence-electron chi connectivity index (χ0n) is 14.8. The minimum Gasteiger partial charge on any atom is -0.371 e. The summed E-state index contributed by atoms with van der Waals surface area (Å²) < 4.78 is 6.04. The molecule has 0 aliphatic carbocycles. The Morgan fingerprint density at radius 3 is 2.77 bits per heavy atom. The number of amides is 1. The van der Waals surface area contributed by atoms with Gasteiger partial charge in [0.1, 0.15) is 5.56 Å². The van der Waals surface area contributed by atoms with Crippen LogP contribution in [0, 0.1) is 6.92 Å². The standard InChI is InChI=1S/C20H23N3O3/c1-13-7-8-17(19(24)21-13)20(25)22-15-9-16-12-26-18(11-23(16)10-15)14-5-3-2-4-6-14/h2-8,15-16,18H,9-12H2,1H3,(H,21,24)(H,22,25)/t15-,16-,18+/m0/s1. The Labute approximate surface area is 152 Å². The first-order valence-electron chi connectivity index (χ1n) is 9.01.